The second-order valence-electron chi connectivity index (χ2n) is 5.17. The molecule has 0 fully saturated rings. The van der Waals surface area contributed by atoms with Crippen LogP contribution in [0.4, 0.5) is 0 Å². The molecule has 80 valence electrons. The summed E-state index contributed by atoms with van der Waals surface area (Å²) in [7, 11) is 12.4. The average Bonchev–Trinajstić information content (AvgIpc) is 1.80. The van der Waals surface area contributed by atoms with Crippen LogP contribution < -0.4 is 0 Å². The molecule has 0 amide bonds. The molecular weight excluding hydrogens is 306 g/mol. The van der Waals surface area contributed by atoms with Gasteiger partial charge in [0, 0.05) is 0 Å². The normalized spacial score (nSPS) is 14.5. The fourth-order valence-electron chi connectivity index (χ4n) is 1.51. The predicted octanol–water partition coefficient (Wildman–Crippen LogP) is 5.22. The topological polar surface area (TPSA) is 0 Å². The average molecular weight is 324 g/mol. The maximum absolute atomic E-state index is 6.75. The molecule has 0 nitrogen and oxygen atoms in total. The van der Waals surface area contributed by atoms with E-state index < -0.39 is 16.3 Å². The Morgan fingerprint density at radius 2 is 1.08 bits per heavy atom. The van der Waals surface area contributed by atoms with E-state index in [2.05, 4.69) is 41.5 Å². The quantitative estimate of drug-likeness (QED) is 0.423. The number of rotatable bonds is 0. The summed E-state index contributed by atoms with van der Waals surface area (Å²) in [6.07, 6.45) is 0. The Labute approximate surface area is 99.0 Å². The number of halogens is 3. The van der Waals surface area contributed by atoms with Crippen LogP contribution in [0.1, 0.15) is 41.5 Å². The van der Waals surface area contributed by atoms with Gasteiger partial charge in [0.15, 0.2) is 0 Å². The van der Waals surface area contributed by atoms with Gasteiger partial charge in [0.2, 0.25) is 0 Å². The third kappa shape index (κ3) is 2.91. The van der Waals surface area contributed by atoms with Crippen molar-refractivity contribution in [2.45, 2.75) is 51.9 Å². The zero-order valence-electron chi connectivity index (χ0n) is 9.08. The summed E-state index contributed by atoms with van der Waals surface area (Å²) < 4.78 is 0. The molecule has 0 rings (SSSR count). The van der Waals surface area contributed by atoms with Gasteiger partial charge in [-0.1, -0.05) is 0 Å². The molecule has 5 heteroatoms. The van der Waals surface area contributed by atoms with Crippen molar-refractivity contribution in [3.05, 3.63) is 0 Å². The van der Waals surface area contributed by atoms with Gasteiger partial charge in [-0.15, -0.1) is 0 Å². The van der Waals surface area contributed by atoms with Crippen LogP contribution in [0.3, 0.4) is 0 Å². The van der Waals surface area contributed by atoms with E-state index in [4.69, 9.17) is 31.3 Å². The van der Waals surface area contributed by atoms with Gasteiger partial charge in [-0.25, -0.2) is 0 Å². The Kier molecular flexibility index (Phi) is 5.00. The van der Waals surface area contributed by atoms with Gasteiger partial charge in [0.05, 0.1) is 0 Å². The summed E-state index contributed by atoms with van der Waals surface area (Å²) >= 11 is 4.65. The van der Waals surface area contributed by atoms with Crippen molar-refractivity contribution in [2.24, 2.45) is 0 Å². The van der Waals surface area contributed by atoms with Crippen LogP contribution in [0.25, 0.3) is 0 Å². The molecule has 0 heterocycles. The molecule has 0 atom stereocenters. The first-order valence-corrected chi connectivity index (χ1v) is 15.2. The second-order valence-corrected chi connectivity index (χ2v) is 27.6. The van der Waals surface area contributed by atoms with Gasteiger partial charge in [-0.05, 0) is 0 Å². The van der Waals surface area contributed by atoms with Crippen molar-refractivity contribution < 1.29 is 0 Å². The minimum atomic E-state index is -2.10. The minimum absolute atomic E-state index is 0.0473. The predicted molar refractivity (Wildman–Crippen MR) is 69.7 cm³/mol. The molecule has 0 saturated heterocycles. The number of hydrogen-bond donors (Lipinski definition) is 0. The summed E-state index contributed by atoms with van der Waals surface area (Å²) in [6.45, 7) is 12.9. The molecule has 0 aliphatic heterocycles. The molecule has 0 aromatic carbocycles. The number of hydrogen-bond acceptors (Lipinski definition) is 0. The maximum atomic E-state index is 6.75. The van der Waals surface area contributed by atoms with Gasteiger partial charge >= 0.3 is 99.5 Å². The molecule has 13 heavy (non-hydrogen) atoms. The third-order valence-electron chi connectivity index (χ3n) is 2.08. The van der Waals surface area contributed by atoms with E-state index >= 15 is 0 Å². The monoisotopic (exact) mass is 324 g/mol. The first kappa shape index (κ1) is 14.8. The molecule has 0 aliphatic rings. The fourth-order valence-corrected chi connectivity index (χ4v) is 26.7. The zero-order chi connectivity index (χ0) is 11.1. The van der Waals surface area contributed by atoms with Gasteiger partial charge in [-0.3, -0.25) is 0 Å². The summed E-state index contributed by atoms with van der Waals surface area (Å²) in [4.78, 5) is -1.74. The second kappa shape index (κ2) is 4.38. The van der Waals surface area contributed by atoms with Gasteiger partial charge in [0.25, 0.3) is 0 Å². The Bertz CT molecular complexity index is 225. The summed E-state index contributed by atoms with van der Waals surface area (Å²) in [5.74, 6) is 0. The Balaban J connectivity index is 5.68. The standard InChI is InChI=1S/C8H18Cl3GeP/c1-7(2,3)13(11,12(9)10)8(4,5)6/h1-6H3. The van der Waals surface area contributed by atoms with E-state index in [1.807, 2.05) is 0 Å². The van der Waals surface area contributed by atoms with Gasteiger partial charge in [-0.2, -0.15) is 0 Å². The van der Waals surface area contributed by atoms with Crippen LogP contribution >= 0.6 is 36.0 Å². The van der Waals surface area contributed by atoms with Crippen molar-refractivity contribution in [2.75, 3.05) is 0 Å². The first-order chi connectivity index (χ1) is 5.44. The van der Waals surface area contributed by atoms with E-state index in [1.54, 1.807) is 0 Å². The molecule has 0 bridgehead atoms. The van der Waals surface area contributed by atoms with Crippen molar-refractivity contribution in [1.82, 2.24) is 0 Å². The molecular formula is C8H18Cl3GeP. The van der Waals surface area contributed by atoms with E-state index in [-0.39, 0.29) is 10.3 Å². The van der Waals surface area contributed by atoms with Crippen LogP contribution in [0.5, 0.6) is 0 Å². The molecule has 0 N–H and O–H groups in total. The van der Waals surface area contributed by atoms with Crippen LogP contribution in [-0.2, 0) is 0 Å². The summed E-state index contributed by atoms with van der Waals surface area (Å²) in [5, 5.41) is 0.0945. The van der Waals surface area contributed by atoms with Gasteiger partial charge in [0.1, 0.15) is 0 Å². The zero-order valence-corrected chi connectivity index (χ0v) is 14.3. The van der Waals surface area contributed by atoms with Crippen LogP contribution in [0.2, 0.25) is 0 Å². The fraction of sp³-hybridized carbons (Fsp3) is 1.00. The molecule has 0 spiro atoms. The molecule has 0 aliphatic carbocycles. The summed E-state index contributed by atoms with van der Waals surface area (Å²) in [6, 6.07) is 0. The molecule has 0 aromatic heterocycles. The Morgan fingerprint density at radius 1 is 0.846 bits per heavy atom. The van der Waals surface area contributed by atoms with Crippen molar-refractivity contribution in [3.8, 4) is 0 Å². The molecule has 0 saturated carbocycles. The van der Waals surface area contributed by atoms with E-state index in [0.717, 1.165) is 0 Å². The Morgan fingerprint density at radius 3 is 1.08 bits per heavy atom. The van der Waals surface area contributed by atoms with E-state index in [9.17, 15) is 0 Å². The van der Waals surface area contributed by atoms with Crippen molar-refractivity contribution in [3.63, 3.8) is 0 Å². The molecule has 0 aromatic rings. The Hall–Kier alpha value is 1.84. The first-order valence-electron chi connectivity index (χ1n) is 4.22. The SMILES string of the molecule is CC(C)(C)[P](Cl)(=[Ge]([Cl])[Cl])C(C)(C)C. The molecule has 0 radical (unpaired) electrons. The van der Waals surface area contributed by atoms with E-state index in [1.165, 1.54) is 0 Å². The molecule has 0 unspecified atom stereocenters. The van der Waals surface area contributed by atoms with E-state index in [0.29, 0.717) is 0 Å². The summed E-state index contributed by atoms with van der Waals surface area (Å²) in [5.41, 5.74) is 0. The van der Waals surface area contributed by atoms with Crippen LogP contribution in [-0.4, -0.2) is 21.9 Å². The third-order valence-corrected chi connectivity index (χ3v) is 33.9. The van der Waals surface area contributed by atoms with Crippen molar-refractivity contribution in [1.29, 1.82) is 0 Å². The van der Waals surface area contributed by atoms with Crippen molar-refractivity contribution >= 4 is 47.6 Å². The van der Waals surface area contributed by atoms with Gasteiger partial charge < -0.3 is 0 Å². The van der Waals surface area contributed by atoms with Crippen LogP contribution in [0.15, 0.2) is 0 Å². The van der Waals surface area contributed by atoms with Crippen LogP contribution in [0, 0.1) is 0 Å².